The van der Waals surface area contributed by atoms with Crippen molar-refractivity contribution >= 4 is 21.8 Å². The van der Waals surface area contributed by atoms with E-state index in [1.165, 1.54) is 5.56 Å². The van der Waals surface area contributed by atoms with Crippen LogP contribution in [0.4, 0.5) is 0 Å². The molecule has 0 saturated carbocycles. The molecular weight excluding hydrogens is 330 g/mol. The van der Waals surface area contributed by atoms with E-state index in [0.717, 1.165) is 30.4 Å². The smallest absolute Gasteiger partial charge is 0.220 e. The summed E-state index contributed by atoms with van der Waals surface area (Å²) >= 11 is 3.48. The van der Waals surface area contributed by atoms with Gasteiger partial charge in [0.1, 0.15) is 0 Å². The van der Waals surface area contributed by atoms with Gasteiger partial charge in [-0.05, 0) is 36.5 Å². The quantitative estimate of drug-likeness (QED) is 0.876. The van der Waals surface area contributed by atoms with E-state index in [1.54, 1.807) is 0 Å². The van der Waals surface area contributed by atoms with E-state index in [9.17, 15) is 4.79 Å². The van der Waals surface area contributed by atoms with Gasteiger partial charge in [0.2, 0.25) is 5.91 Å². The van der Waals surface area contributed by atoms with E-state index in [0.29, 0.717) is 24.9 Å². The molecule has 21 heavy (non-hydrogen) atoms. The molecule has 3 atom stereocenters. The first-order valence-electron chi connectivity index (χ1n) is 7.66. The van der Waals surface area contributed by atoms with Crippen molar-refractivity contribution in [2.45, 2.75) is 31.3 Å². The topological polar surface area (TPSA) is 58.4 Å². The average molecular weight is 352 g/mol. The zero-order valence-electron chi connectivity index (χ0n) is 12.1. The molecule has 1 aromatic rings. The largest absolute Gasteiger partial charge is 0.353 e. The molecule has 2 fully saturated rings. The summed E-state index contributed by atoms with van der Waals surface area (Å²) in [5.41, 5.74) is 7.32. The van der Waals surface area contributed by atoms with Gasteiger partial charge in [0.05, 0.1) is 0 Å². The SMILES string of the molecule is NCC(c1ccc(Br)cc1)N1CCC2NC(=O)CCC2C1. The summed E-state index contributed by atoms with van der Waals surface area (Å²) in [4.78, 5) is 14.0. The number of nitrogens with zero attached hydrogens (tertiary/aromatic N) is 1. The van der Waals surface area contributed by atoms with Crippen LogP contribution in [0.3, 0.4) is 0 Å². The van der Waals surface area contributed by atoms with Gasteiger partial charge in [-0.25, -0.2) is 0 Å². The lowest BCUT2D eigenvalue weighted by atomic mass is 9.84. The molecule has 0 bridgehead atoms. The second-order valence-electron chi connectivity index (χ2n) is 6.06. The maximum atomic E-state index is 11.5. The number of carbonyl (C=O) groups excluding carboxylic acids is 1. The predicted molar refractivity (Wildman–Crippen MR) is 86.8 cm³/mol. The molecule has 0 aliphatic carbocycles. The van der Waals surface area contributed by atoms with Crippen molar-refractivity contribution in [2.24, 2.45) is 11.7 Å². The predicted octanol–water partition coefficient (Wildman–Crippen LogP) is 2.05. The second-order valence-corrected chi connectivity index (χ2v) is 6.98. The van der Waals surface area contributed by atoms with E-state index in [1.807, 2.05) is 0 Å². The molecule has 2 aliphatic heterocycles. The highest BCUT2D eigenvalue weighted by atomic mass is 79.9. The molecule has 3 rings (SSSR count). The summed E-state index contributed by atoms with van der Waals surface area (Å²) in [6.45, 7) is 2.66. The highest BCUT2D eigenvalue weighted by Crippen LogP contribution is 2.31. The van der Waals surface area contributed by atoms with Gasteiger partial charge in [-0.1, -0.05) is 28.1 Å². The number of rotatable bonds is 3. The van der Waals surface area contributed by atoms with E-state index in [2.05, 4.69) is 50.4 Å². The van der Waals surface area contributed by atoms with Gasteiger partial charge in [0.15, 0.2) is 0 Å². The Bertz CT molecular complexity index is 505. The molecule has 5 heteroatoms. The molecule has 1 aromatic carbocycles. The van der Waals surface area contributed by atoms with Gasteiger partial charge in [-0.3, -0.25) is 9.69 Å². The number of hydrogen-bond acceptors (Lipinski definition) is 3. The Morgan fingerprint density at radius 3 is 2.81 bits per heavy atom. The Morgan fingerprint density at radius 2 is 2.10 bits per heavy atom. The monoisotopic (exact) mass is 351 g/mol. The number of hydrogen-bond donors (Lipinski definition) is 2. The fraction of sp³-hybridized carbons (Fsp3) is 0.562. The third kappa shape index (κ3) is 3.30. The van der Waals surface area contributed by atoms with Crippen molar-refractivity contribution in [1.29, 1.82) is 0 Å². The van der Waals surface area contributed by atoms with Crippen LogP contribution in [0.5, 0.6) is 0 Å². The standard InChI is InChI=1S/C16H22BrN3O/c17-13-4-1-11(2-5-13)15(9-18)20-8-7-14-12(10-20)3-6-16(21)19-14/h1-2,4-5,12,14-15H,3,6-10,18H2,(H,19,21). The van der Waals surface area contributed by atoms with Crippen molar-refractivity contribution in [1.82, 2.24) is 10.2 Å². The van der Waals surface area contributed by atoms with Gasteiger partial charge < -0.3 is 11.1 Å². The second kappa shape index (κ2) is 6.46. The van der Waals surface area contributed by atoms with Crippen LogP contribution in [-0.4, -0.2) is 36.5 Å². The number of nitrogens with two attached hydrogens (primary N) is 1. The Morgan fingerprint density at radius 1 is 1.33 bits per heavy atom. The van der Waals surface area contributed by atoms with Crippen LogP contribution in [0.25, 0.3) is 0 Å². The number of piperidine rings is 2. The Balaban J connectivity index is 1.71. The summed E-state index contributed by atoms with van der Waals surface area (Å²) in [7, 11) is 0. The lowest BCUT2D eigenvalue weighted by molar-refractivity contribution is -0.125. The van der Waals surface area contributed by atoms with Crippen molar-refractivity contribution in [3.05, 3.63) is 34.3 Å². The van der Waals surface area contributed by atoms with Crippen molar-refractivity contribution in [3.63, 3.8) is 0 Å². The normalized spacial score (nSPS) is 27.8. The summed E-state index contributed by atoms with van der Waals surface area (Å²) < 4.78 is 1.09. The summed E-state index contributed by atoms with van der Waals surface area (Å²) in [6.07, 6.45) is 2.70. The Labute approximate surface area is 134 Å². The fourth-order valence-corrected chi connectivity index (χ4v) is 3.87. The summed E-state index contributed by atoms with van der Waals surface area (Å²) in [6, 6.07) is 9.09. The van der Waals surface area contributed by atoms with E-state index in [-0.39, 0.29) is 11.9 Å². The van der Waals surface area contributed by atoms with Crippen LogP contribution in [0, 0.1) is 5.92 Å². The maximum Gasteiger partial charge on any atom is 0.220 e. The molecule has 0 spiro atoms. The van der Waals surface area contributed by atoms with Crippen LogP contribution in [0.2, 0.25) is 0 Å². The molecule has 2 heterocycles. The van der Waals surface area contributed by atoms with Crippen molar-refractivity contribution in [3.8, 4) is 0 Å². The molecule has 0 radical (unpaired) electrons. The molecule has 2 aliphatic rings. The van der Waals surface area contributed by atoms with Gasteiger partial charge in [-0.2, -0.15) is 0 Å². The maximum absolute atomic E-state index is 11.5. The summed E-state index contributed by atoms with van der Waals surface area (Å²) in [5, 5.41) is 3.14. The lowest BCUT2D eigenvalue weighted by Crippen LogP contribution is -2.55. The number of benzene rings is 1. The molecule has 1 amide bonds. The number of amides is 1. The third-order valence-electron chi connectivity index (χ3n) is 4.77. The Kier molecular flexibility index (Phi) is 4.62. The highest BCUT2D eigenvalue weighted by molar-refractivity contribution is 9.10. The lowest BCUT2D eigenvalue weighted by Gasteiger charge is -2.44. The minimum absolute atomic E-state index is 0.216. The number of carbonyl (C=O) groups is 1. The van der Waals surface area contributed by atoms with Gasteiger partial charge in [0.25, 0.3) is 0 Å². The Hall–Kier alpha value is -0.910. The zero-order chi connectivity index (χ0) is 14.8. The number of fused-ring (bicyclic) bond motifs is 1. The van der Waals surface area contributed by atoms with Crippen LogP contribution in [0.1, 0.15) is 30.9 Å². The first kappa shape index (κ1) is 15.0. The van der Waals surface area contributed by atoms with Crippen LogP contribution in [0.15, 0.2) is 28.7 Å². The van der Waals surface area contributed by atoms with E-state index in [4.69, 9.17) is 5.73 Å². The van der Waals surface area contributed by atoms with Gasteiger partial charge in [-0.15, -0.1) is 0 Å². The number of likely N-dealkylation sites (tertiary alicyclic amines) is 1. The molecule has 2 saturated heterocycles. The molecule has 3 unspecified atom stereocenters. The summed E-state index contributed by atoms with van der Waals surface area (Å²) in [5.74, 6) is 0.786. The van der Waals surface area contributed by atoms with E-state index < -0.39 is 0 Å². The zero-order valence-corrected chi connectivity index (χ0v) is 13.7. The van der Waals surface area contributed by atoms with E-state index >= 15 is 0 Å². The molecular formula is C16H22BrN3O. The van der Waals surface area contributed by atoms with Crippen LogP contribution < -0.4 is 11.1 Å². The van der Waals surface area contributed by atoms with Gasteiger partial charge in [0, 0.05) is 42.6 Å². The molecule has 3 N–H and O–H groups in total. The fourth-order valence-electron chi connectivity index (χ4n) is 3.60. The number of nitrogens with one attached hydrogen (secondary N) is 1. The number of halogens is 1. The molecule has 4 nitrogen and oxygen atoms in total. The van der Waals surface area contributed by atoms with Crippen molar-refractivity contribution in [2.75, 3.05) is 19.6 Å². The minimum atomic E-state index is 0.216. The van der Waals surface area contributed by atoms with Crippen LogP contribution >= 0.6 is 15.9 Å². The highest BCUT2D eigenvalue weighted by Gasteiger charge is 2.35. The first-order chi connectivity index (χ1) is 10.2. The molecule has 0 aromatic heterocycles. The molecule has 114 valence electrons. The van der Waals surface area contributed by atoms with Gasteiger partial charge >= 0.3 is 0 Å². The third-order valence-corrected chi connectivity index (χ3v) is 5.30. The average Bonchev–Trinajstić information content (AvgIpc) is 2.50. The minimum Gasteiger partial charge on any atom is -0.353 e. The van der Waals surface area contributed by atoms with Crippen LogP contribution in [-0.2, 0) is 4.79 Å². The van der Waals surface area contributed by atoms with Crippen molar-refractivity contribution < 1.29 is 4.79 Å². The first-order valence-corrected chi connectivity index (χ1v) is 8.45.